The van der Waals surface area contributed by atoms with Crippen LogP contribution in [0.2, 0.25) is 0 Å². The van der Waals surface area contributed by atoms with E-state index >= 15 is 0 Å². The maximum absolute atomic E-state index is 13.1. The van der Waals surface area contributed by atoms with Gasteiger partial charge in [0, 0.05) is 12.2 Å². The molecule has 0 unspecified atom stereocenters. The van der Waals surface area contributed by atoms with Gasteiger partial charge >= 0.3 is 0 Å². The lowest BCUT2D eigenvalue weighted by molar-refractivity contribution is 0.596. The number of rotatable bonds is 9. The smallest absolute Gasteiger partial charge is 0.141 e. The van der Waals surface area contributed by atoms with Gasteiger partial charge in [0.05, 0.1) is 5.56 Å². The average Bonchev–Trinajstić information content (AvgIpc) is 2.43. The van der Waals surface area contributed by atoms with Gasteiger partial charge in [0.15, 0.2) is 0 Å². The Kier molecular flexibility index (Phi) is 7.65. The molecular formula is C16H23FN2. The Labute approximate surface area is 115 Å². The van der Waals surface area contributed by atoms with Gasteiger partial charge in [-0.1, -0.05) is 45.4 Å². The Balaban J connectivity index is 2.14. The van der Waals surface area contributed by atoms with Crippen LogP contribution in [0.4, 0.5) is 10.1 Å². The van der Waals surface area contributed by atoms with Crippen LogP contribution in [0.3, 0.4) is 0 Å². The molecule has 0 atom stereocenters. The van der Waals surface area contributed by atoms with Gasteiger partial charge in [0.1, 0.15) is 11.9 Å². The Bertz CT molecular complexity index is 410. The van der Waals surface area contributed by atoms with Crippen LogP contribution in [0.15, 0.2) is 18.2 Å². The van der Waals surface area contributed by atoms with Crippen molar-refractivity contribution in [1.82, 2.24) is 0 Å². The minimum absolute atomic E-state index is 0.101. The molecule has 1 aromatic rings. The third kappa shape index (κ3) is 6.24. The van der Waals surface area contributed by atoms with Crippen molar-refractivity contribution in [3.8, 4) is 6.07 Å². The first-order valence-corrected chi connectivity index (χ1v) is 7.21. The summed E-state index contributed by atoms with van der Waals surface area (Å²) in [7, 11) is 0. The van der Waals surface area contributed by atoms with E-state index in [4.69, 9.17) is 5.26 Å². The Hall–Kier alpha value is -1.56. The Morgan fingerprint density at radius 3 is 2.47 bits per heavy atom. The lowest BCUT2D eigenvalue weighted by atomic mass is 10.1. The van der Waals surface area contributed by atoms with Gasteiger partial charge in [-0.3, -0.25) is 0 Å². The van der Waals surface area contributed by atoms with Crippen molar-refractivity contribution in [3.05, 3.63) is 29.6 Å². The zero-order valence-corrected chi connectivity index (χ0v) is 11.7. The molecule has 1 aromatic carbocycles. The first kappa shape index (κ1) is 15.5. The van der Waals surface area contributed by atoms with Crippen LogP contribution in [0.1, 0.15) is 57.4 Å². The third-order valence-corrected chi connectivity index (χ3v) is 3.20. The van der Waals surface area contributed by atoms with Gasteiger partial charge in [-0.05, 0) is 24.6 Å². The first-order valence-electron chi connectivity index (χ1n) is 7.21. The average molecular weight is 262 g/mol. The number of nitrogens with one attached hydrogen (secondary N) is 1. The SMILES string of the molecule is CCCCCCCCCNc1ccc(F)c(C#N)c1. The maximum atomic E-state index is 13.1. The van der Waals surface area contributed by atoms with Gasteiger partial charge in [0.25, 0.3) is 0 Å². The zero-order chi connectivity index (χ0) is 13.9. The third-order valence-electron chi connectivity index (χ3n) is 3.20. The highest BCUT2D eigenvalue weighted by Gasteiger charge is 2.01. The molecule has 0 fully saturated rings. The summed E-state index contributed by atoms with van der Waals surface area (Å²) in [5, 5.41) is 12.0. The van der Waals surface area contributed by atoms with Crippen LogP contribution in [0.5, 0.6) is 0 Å². The predicted octanol–water partition coefficient (Wildman–Crippen LogP) is 4.86. The van der Waals surface area contributed by atoms with E-state index in [1.54, 1.807) is 12.1 Å². The summed E-state index contributed by atoms with van der Waals surface area (Å²) in [6.07, 6.45) is 8.91. The van der Waals surface area contributed by atoms with Crippen molar-refractivity contribution in [2.45, 2.75) is 51.9 Å². The summed E-state index contributed by atoms with van der Waals surface area (Å²) >= 11 is 0. The lowest BCUT2D eigenvalue weighted by Gasteiger charge is -2.07. The van der Waals surface area contributed by atoms with Crippen molar-refractivity contribution in [1.29, 1.82) is 5.26 Å². The molecule has 0 radical (unpaired) electrons. The fourth-order valence-corrected chi connectivity index (χ4v) is 2.04. The topological polar surface area (TPSA) is 35.8 Å². The number of hydrogen-bond donors (Lipinski definition) is 1. The highest BCUT2D eigenvalue weighted by molar-refractivity contribution is 5.49. The normalized spacial score (nSPS) is 10.2. The van der Waals surface area contributed by atoms with E-state index in [-0.39, 0.29) is 5.56 Å². The summed E-state index contributed by atoms with van der Waals surface area (Å²) in [4.78, 5) is 0. The van der Waals surface area contributed by atoms with Crippen LogP contribution >= 0.6 is 0 Å². The molecule has 0 aliphatic carbocycles. The molecule has 19 heavy (non-hydrogen) atoms. The maximum Gasteiger partial charge on any atom is 0.141 e. The molecular weight excluding hydrogens is 239 g/mol. The lowest BCUT2D eigenvalue weighted by Crippen LogP contribution is -2.02. The zero-order valence-electron chi connectivity index (χ0n) is 11.7. The van der Waals surface area contributed by atoms with E-state index in [0.29, 0.717) is 0 Å². The predicted molar refractivity (Wildman–Crippen MR) is 77.6 cm³/mol. The summed E-state index contributed by atoms with van der Waals surface area (Å²) in [5.74, 6) is -0.455. The van der Waals surface area contributed by atoms with Crippen molar-refractivity contribution >= 4 is 5.69 Å². The molecule has 3 heteroatoms. The monoisotopic (exact) mass is 262 g/mol. The molecule has 0 bridgehead atoms. The summed E-state index contributed by atoms with van der Waals surface area (Å²) < 4.78 is 13.1. The highest BCUT2D eigenvalue weighted by Crippen LogP contribution is 2.14. The first-order chi connectivity index (χ1) is 9.27. The van der Waals surface area contributed by atoms with E-state index in [9.17, 15) is 4.39 Å². The number of benzene rings is 1. The molecule has 1 rings (SSSR count). The molecule has 0 saturated carbocycles. The van der Waals surface area contributed by atoms with Crippen LogP contribution < -0.4 is 5.32 Å². The van der Waals surface area contributed by atoms with Gasteiger partial charge in [-0.15, -0.1) is 0 Å². The van der Waals surface area contributed by atoms with E-state index in [2.05, 4.69) is 12.2 Å². The Morgan fingerprint density at radius 1 is 1.11 bits per heavy atom. The van der Waals surface area contributed by atoms with E-state index < -0.39 is 5.82 Å². The van der Waals surface area contributed by atoms with E-state index in [0.717, 1.165) is 18.7 Å². The van der Waals surface area contributed by atoms with Crippen LogP contribution in [0, 0.1) is 17.1 Å². The molecule has 0 saturated heterocycles. The summed E-state index contributed by atoms with van der Waals surface area (Å²) in [6, 6.07) is 6.43. The second-order valence-corrected chi connectivity index (χ2v) is 4.85. The fourth-order valence-electron chi connectivity index (χ4n) is 2.04. The minimum atomic E-state index is -0.455. The minimum Gasteiger partial charge on any atom is -0.385 e. The summed E-state index contributed by atoms with van der Waals surface area (Å²) in [5.41, 5.74) is 0.925. The fraction of sp³-hybridized carbons (Fsp3) is 0.562. The largest absolute Gasteiger partial charge is 0.385 e. The highest BCUT2D eigenvalue weighted by atomic mass is 19.1. The number of unbranched alkanes of at least 4 members (excludes halogenated alkanes) is 6. The van der Waals surface area contributed by atoms with E-state index in [1.165, 1.54) is 44.6 Å². The van der Waals surface area contributed by atoms with Crippen LogP contribution in [-0.4, -0.2) is 6.54 Å². The van der Waals surface area contributed by atoms with Gasteiger partial charge in [0.2, 0.25) is 0 Å². The van der Waals surface area contributed by atoms with Gasteiger partial charge in [-0.25, -0.2) is 4.39 Å². The van der Waals surface area contributed by atoms with Crippen molar-refractivity contribution in [2.24, 2.45) is 0 Å². The standard InChI is InChI=1S/C16H23FN2/c1-2-3-4-5-6-7-8-11-19-15-9-10-16(17)14(12-15)13-18/h9-10,12,19H,2-8,11H2,1H3. The molecule has 0 amide bonds. The molecule has 0 aliphatic rings. The number of hydrogen-bond acceptors (Lipinski definition) is 2. The van der Waals surface area contributed by atoms with Crippen molar-refractivity contribution in [2.75, 3.05) is 11.9 Å². The number of nitrogens with zero attached hydrogens (tertiary/aromatic N) is 1. The summed E-state index contributed by atoms with van der Waals surface area (Å²) in [6.45, 7) is 3.10. The van der Waals surface area contributed by atoms with Crippen molar-refractivity contribution < 1.29 is 4.39 Å². The molecule has 2 nitrogen and oxygen atoms in total. The second kappa shape index (κ2) is 9.38. The molecule has 0 spiro atoms. The quantitative estimate of drug-likeness (QED) is 0.645. The second-order valence-electron chi connectivity index (χ2n) is 4.85. The van der Waals surface area contributed by atoms with Gasteiger partial charge in [-0.2, -0.15) is 5.26 Å². The molecule has 0 heterocycles. The Morgan fingerprint density at radius 2 is 1.79 bits per heavy atom. The number of halogens is 1. The molecule has 104 valence electrons. The van der Waals surface area contributed by atoms with Gasteiger partial charge < -0.3 is 5.32 Å². The van der Waals surface area contributed by atoms with E-state index in [1.807, 2.05) is 6.07 Å². The molecule has 0 aliphatic heterocycles. The molecule has 1 N–H and O–H groups in total. The molecule has 0 aromatic heterocycles. The van der Waals surface area contributed by atoms with Crippen LogP contribution in [0.25, 0.3) is 0 Å². The number of anilines is 1. The number of nitriles is 1. The van der Waals surface area contributed by atoms with Crippen LogP contribution in [-0.2, 0) is 0 Å². The van der Waals surface area contributed by atoms with Crippen molar-refractivity contribution in [3.63, 3.8) is 0 Å².